The van der Waals surface area contributed by atoms with Crippen molar-refractivity contribution in [2.45, 2.75) is 31.8 Å². The van der Waals surface area contributed by atoms with E-state index in [1.807, 2.05) is 24.3 Å². The molecular formula is C14H20N2O3. The smallest absolute Gasteiger partial charge is 0.143 e. The predicted octanol–water partition coefficient (Wildman–Crippen LogP) is 1.92. The third kappa shape index (κ3) is 4.44. The molecule has 1 atom stereocenters. The van der Waals surface area contributed by atoms with Gasteiger partial charge in [0, 0.05) is 19.4 Å². The summed E-state index contributed by atoms with van der Waals surface area (Å²) in [4.78, 5) is 0. The molecule has 5 heteroatoms. The van der Waals surface area contributed by atoms with E-state index in [-0.39, 0.29) is 5.84 Å². The topological polar surface area (TPSA) is 77.1 Å². The van der Waals surface area contributed by atoms with E-state index in [1.165, 1.54) is 0 Å². The van der Waals surface area contributed by atoms with Crippen LogP contribution in [0.1, 0.15) is 24.8 Å². The number of nitrogens with two attached hydrogens (primary N) is 1. The maximum absolute atomic E-state index is 8.50. The van der Waals surface area contributed by atoms with E-state index in [9.17, 15) is 0 Å². The highest BCUT2D eigenvalue weighted by molar-refractivity contribution is 5.82. The van der Waals surface area contributed by atoms with Crippen molar-refractivity contribution in [2.24, 2.45) is 10.9 Å². The average Bonchev–Trinajstić information content (AvgIpc) is 2.94. The van der Waals surface area contributed by atoms with Gasteiger partial charge in [-0.25, -0.2) is 0 Å². The molecule has 104 valence electrons. The lowest BCUT2D eigenvalue weighted by Gasteiger charge is -2.11. The summed E-state index contributed by atoms with van der Waals surface area (Å²) >= 11 is 0. The standard InChI is InChI=1S/C14H20N2O3/c15-14(16-17)10-11-3-5-13(6-4-11)19-9-7-12-2-1-8-18-12/h3-6,12,17H,1-2,7-10H2,(H2,15,16). The van der Waals surface area contributed by atoms with Gasteiger partial charge in [-0.2, -0.15) is 0 Å². The van der Waals surface area contributed by atoms with Crippen LogP contribution in [0.3, 0.4) is 0 Å². The maximum Gasteiger partial charge on any atom is 0.143 e. The molecule has 0 radical (unpaired) electrons. The number of amidine groups is 1. The fourth-order valence-corrected chi connectivity index (χ4v) is 2.13. The van der Waals surface area contributed by atoms with Gasteiger partial charge in [-0.1, -0.05) is 17.3 Å². The first-order valence-corrected chi connectivity index (χ1v) is 6.57. The summed E-state index contributed by atoms with van der Waals surface area (Å²) < 4.78 is 11.2. The Morgan fingerprint density at radius 3 is 2.84 bits per heavy atom. The van der Waals surface area contributed by atoms with Crippen molar-refractivity contribution in [1.29, 1.82) is 0 Å². The lowest BCUT2D eigenvalue weighted by Crippen LogP contribution is -2.14. The second kappa shape index (κ2) is 6.99. The van der Waals surface area contributed by atoms with Crippen molar-refractivity contribution in [3.05, 3.63) is 29.8 Å². The summed E-state index contributed by atoms with van der Waals surface area (Å²) in [5.41, 5.74) is 6.44. The fraction of sp³-hybridized carbons (Fsp3) is 0.500. The number of benzene rings is 1. The maximum atomic E-state index is 8.50. The van der Waals surface area contributed by atoms with E-state index in [4.69, 9.17) is 20.4 Å². The van der Waals surface area contributed by atoms with E-state index in [0.717, 1.165) is 37.2 Å². The Morgan fingerprint density at radius 2 is 2.21 bits per heavy atom. The van der Waals surface area contributed by atoms with Gasteiger partial charge in [0.05, 0.1) is 12.7 Å². The van der Waals surface area contributed by atoms with Crippen LogP contribution in [0.5, 0.6) is 5.75 Å². The number of hydrogen-bond acceptors (Lipinski definition) is 4. The number of oxime groups is 1. The molecule has 1 aromatic carbocycles. The van der Waals surface area contributed by atoms with Crippen LogP contribution in [0, 0.1) is 0 Å². The molecule has 1 unspecified atom stereocenters. The minimum absolute atomic E-state index is 0.201. The average molecular weight is 264 g/mol. The molecule has 1 fully saturated rings. The Labute approximate surface area is 113 Å². The zero-order chi connectivity index (χ0) is 13.5. The van der Waals surface area contributed by atoms with Gasteiger partial charge in [0.2, 0.25) is 0 Å². The second-order valence-electron chi connectivity index (χ2n) is 4.68. The van der Waals surface area contributed by atoms with Crippen LogP contribution in [0.2, 0.25) is 0 Å². The zero-order valence-electron chi connectivity index (χ0n) is 10.9. The van der Waals surface area contributed by atoms with Gasteiger partial charge in [-0.05, 0) is 30.5 Å². The second-order valence-corrected chi connectivity index (χ2v) is 4.68. The minimum Gasteiger partial charge on any atom is -0.493 e. The lowest BCUT2D eigenvalue weighted by atomic mass is 10.1. The highest BCUT2D eigenvalue weighted by Gasteiger charge is 2.14. The van der Waals surface area contributed by atoms with Crippen molar-refractivity contribution in [3.63, 3.8) is 0 Å². The van der Waals surface area contributed by atoms with E-state index in [1.54, 1.807) is 0 Å². The quantitative estimate of drug-likeness (QED) is 0.356. The molecule has 1 aliphatic rings. The third-order valence-corrected chi connectivity index (χ3v) is 3.17. The van der Waals surface area contributed by atoms with Crippen molar-refractivity contribution < 1.29 is 14.7 Å². The molecule has 0 saturated carbocycles. The Kier molecular flexibility index (Phi) is 5.03. The van der Waals surface area contributed by atoms with Crippen molar-refractivity contribution in [2.75, 3.05) is 13.2 Å². The van der Waals surface area contributed by atoms with Crippen LogP contribution in [-0.2, 0) is 11.2 Å². The Morgan fingerprint density at radius 1 is 1.42 bits per heavy atom. The lowest BCUT2D eigenvalue weighted by molar-refractivity contribution is 0.0903. The van der Waals surface area contributed by atoms with Crippen LogP contribution in [0.25, 0.3) is 0 Å². The normalized spacial score (nSPS) is 19.6. The van der Waals surface area contributed by atoms with E-state index in [0.29, 0.717) is 19.1 Å². The Hall–Kier alpha value is -1.75. The molecule has 2 rings (SSSR count). The van der Waals surface area contributed by atoms with E-state index in [2.05, 4.69) is 5.16 Å². The van der Waals surface area contributed by atoms with Gasteiger partial charge in [-0.15, -0.1) is 0 Å². The molecule has 0 amide bonds. The molecule has 1 heterocycles. The number of hydrogen-bond donors (Lipinski definition) is 2. The highest BCUT2D eigenvalue weighted by atomic mass is 16.5. The summed E-state index contributed by atoms with van der Waals surface area (Å²) in [6.45, 7) is 1.55. The van der Waals surface area contributed by atoms with Crippen molar-refractivity contribution in [3.8, 4) is 5.75 Å². The first kappa shape index (κ1) is 13.7. The summed E-state index contributed by atoms with van der Waals surface area (Å²) in [6.07, 6.45) is 4.04. The third-order valence-electron chi connectivity index (χ3n) is 3.17. The van der Waals surface area contributed by atoms with Crippen LogP contribution in [-0.4, -0.2) is 30.4 Å². The molecule has 0 aromatic heterocycles. The molecule has 19 heavy (non-hydrogen) atoms. The monoisotopic (exact) mass is 264 g/mol. The molecule has 1 saturated heterocycles. The molecule has 1 aromatic rings. The van der Waals surface area contributed by atoms with Crippen LogP contribution in [0.15, 0.2) is 29.4 Å². The van der Waals surface area contributed by atoms with Crippen LogP contribution in [0.4, 0.5) is 0 Å². The number of nitrogens with zero attached hydrogens (tertiary/aromatic N) is 1. The van der Waals surface area contributed by atoms with Gasteiger partial charge < -0.3 is 20.4 Å². The molecule has 0 aliphatic carbocycles. The zero-order valence-corrected chi connectivity index (χ0v) is 10.9. The first-order valence-electron chi connectivity index (χ1n) is 6.57. The van der Waals surface area contributed by atoms with Gasteiger partial charge in [0.25, 0.3) is 0 Å². The fourth-order valence-electron chi connectivity index (χ4n) is 2.13. The summed E-state index contributed by atoms with van der Waals surface area (Å²) in [7, 11) is 0. The largest absolute Gasteiger partial charge is 0.493 e. The van der Waals surface area contributed by atoms with Gasteiger partial charge in [-0.3, -0.25) is 0 Å². The first-order chi connectivity index (χ1) is 9.28. The summed E-state index contributed by atoms with van der Waals surface area (Å²) in [5.74, 6) is 1.04. The highest BCUT2D eigenvalue weighted by Crippen LogP contribution is 2.17. The van der Waals surface area contributed by atoms with Crippen LogP contribution < -0.4 is 10.5 Å². The molecule has 3 N–H and O–H groups in total. The van der Waals surface area contributed by atoms with Gasteiger partial charge in [0.15, 0.2) is 0 Å². The van der Waals surface area contributed by atoms with Crippen LogP contribution >= 0.6 is 0 Å². The van der Waals surface area contributed by atoms with Gasteiger partial charge in [0.1, 0.15) is 11.6 Å². The Balaban J connectivity index is 1.75. The molecule has 5 nitrogen and oxygen atoms in total. The predicted molar refractivity (Wildman–Crippen MR) is 72.6 cm³/mol. The molecule has 0 bridgehead atoms. The summed E-state index contributed by atoms with van der Waals surface area (Å²) in [5, 5.41) is 11.4. The number of rotatable bonds is 6. The van der Waals surface area contributed by atoms with Gasteiger partial charge >= 0.3 is 0 Å². The SMILES string of the molecule is NC(Cc1ccc(OCCC2CCCO2)cc1)=NO. The summed E-state index contributed by atoms with van der Waals surface area (Å²) in [6, 6.07) is 7.63. The molecule has 0 spiro atoms. The van der Waals surface area contributed by atoms with E-state index >= 15 is 0 Å². The van der Waals surface area contributed by atoms with Crippen molar-refractivity contribution >= 4 is 5.84 Å². The van der Waals surface area contributed by atoms with E-state index < -0.39 is 0 Å². The molecular weight excluding hydrogens is 244 g/mol. The number of ether oxygens (including phenoxy) is 2. The minimum atomic E-state index is 0.201. The van der Waals surface area contributed by atoms with Crippen molar-refractivity contribution in [1.82, 2.24) is 0 Å². The molecule has 1 aliphatic heterocycles. The Bertz CT molecular complexity index is 411.